The Morgan fingerprint density at radius 3 is 1.82 bits per heavy atom. The Morgan fingerprint density at radius 2 is 1.34 bits per heavy atom. The fraction of sp³-hybridized carbons (Fsp3) is 0.676. The molecule has 0 aromatic carbocycles. The summed E-state index contributed by atoms with van der Waals surface area (Å²) in [4.78, 5) is 129. The standard InChI is InChI=1S/C37H59N7O12/c1-9-12-22(29(50)34(54)38-18-10-2)40-33(53)25-13-11-19-44(25)36(56)28(20(3)4)42-35(55)30(37(6,7)8)43-32(52)24(15-17-27(48)49)41-31(51)23(39-21(5)45)14-16-26(46)47/h10,20,22-25,28,30H,2,9,11-19H2,1,3-8H3,(H,38,54)(H,39,45)(H,40,53)(H,41,51)(H,42,55)(H,43,52)(H,46,47)(H,48,49)/t22?,23-,24-,25-,28-,30+/m0/s1. The summed E-state index contributed by atoms with van der Waals surface area (Å²) in [7, 11) is 0. The zero-order valence-corrected chi connectivity index (χ0v) is 33.3. The lowest BCUT2D eigenvalue weighted by atomic mass is 9.85. The molecule has 0 aromatic heterocycles. The van der Waals surface area contributed by atoms with E-state index in [2.05, 4.69) is 38.5 Å². The number of carboxylic acids is 2. The highest BCUT2D eigenvalue weighted by molar-refractivity contribution is 6.38. The molecule has 0 spiro atoms. The second-order valence-electron chi connectivity index (χ2n) is 15.1. The third-order valence-electron chi connectivity index (χ3n) is 8.95. The normalized spacial score (nSPS) is 16.6. The molecule has 1 unspecified atom stereocenters. The van der Waals surface area contributed by atoms with E-state index in [1.54, 1.807) is 41.5 Å². The van der Waals surface area contributed by atoms with Crippen LogP contribution in [0, 0.1) is 11.3 Å². The first-order valence-electron chi connectivity index (χ1n) is 18.7. The number of carbonyl (C=O) groups excluding carboxylic acids is 8. The number of nitrogens with zero attached hydrogens (tertiary/aromatic N) is 1. The van der Waals surface area contributed by atoms with Crippen LogP contribution < -0.4 is 31.9 Å². The van der Waals surface area contributed by atoms with Gasteiger partial charge in [0, 0.05) is 32.9 Å². The Kier molecular flexibility index (Phi) is 19.9. The number of likely N-dealkylation sites (tertiary alicyclic amines) is 1. The van der Waals surface area contributed by atoms with Gasteiger partial charge in [-0.3, -0.25) is 47.9 Å². The molecule has 0 radical (unpaired) electrons. The van der Waals surface area contributed by atoms with Gasteiger partial charge in [0.25, 0.3) is 5.91 Å². The Labute approximate surface area is 326 Å². The van der Waals surface area contributed by atoms with E-state index in [0.717, 1.165) is 6.92 Å². The summed E-state index contributed by atoms with van der Waals surface area (Å²) in [5.74, 6) is -9.34. The molecule has 1 aliphatic heterocycles. The predicted octanol–water partition coefficient (Wildman–Crippen LogP) is -0.476. The van der Waals surface area contributed by atoms with Crippen molar-refractivity contribution in [3.05, 3.63) is 12.7 Å². The molecule has 6 atom stereocenters. The van der Waals surface area contributed by atoms with E-state index in [1.807, 2.05) is 0 Å². The minimum absolute atomic E-state index is 0.0583. The van der Waals surface area contributed by atoms with Crippen LogP contribution in [0.2, 0.25) is 0 Å². The third-order valence-corrected chi connectivity index (χ3v) is 8.95. The van der Waals surface area contributed by atoms with Crippen LogP contribution in [0.15, 0.2) is 12.7 Å². The van der Waals surface area contributed by atoms with E-state index in [0.29, 0.717) is 12.8 Å². The molecular formula is C37H59N7O12. The van der Waals surface area contributed by atoms with Gasteiger partial charge < -0.3 is 47.0 Å². The van der Waals surface area contributed by atoms with Crippen LogP contribution in [0.25, 0.3) is 0 Å². The van der Waals surface area contributed by atoms with Crippen molar-refractivity contribution in [1.82, 2.24) is 36.8 Å². The number of carbonyl (C=O) groups is 10. The minimum atomic E-state index is -1.53. The van der Waals surface area contributed by atoms with E-state index >= 15 is 0 Å². The average Bonchev–Trinajstić information content (AvgIpc) is 3.60. The smallest absolute Gasteiger partial charge is 0.303 e. The molecule has 1 saturated heterocycles. The maximum atomic E-state index is 14.1. The molecule has 56 heavy (non-hydrogen) atoms. The van der Waals surface area contributed by atoms with Gasteiger partial charge in [-0.25, -0.2) is 0 Å². The second kappa shape index (κ2) is 22.9. The van der Waals surface area contributed by atoms with Gasteiger partial charge in [-0.05, 0) is 43.4 Å². The highest BCUT2D eigenvalue weighted by Gasteiger charge is 2.42. The molecule has 0 aliphatic carbocycles. The number of nitrogens with one attached hydrogen (secondary N) is 6. The maximum Gasteiger partial charge on any atom is 0.303 e. The number of amides is 7. The molecular weight excluding hydrogens is 734 g/mol. The summed E-state index contributed by atoms with van der Waals surface area (Å²) in [6.07, 6.45) is 0.942. The molecule has 8 N–H and O–H groups in total. The number of aliphatic carboxylic acids is 2. The lowest BCUT2D eigenvalue weighted by Gasteiger charge is -2.35. The van der Waals surface area contributed by atoms with Crippen molar-refractivity contribution in [2.24, 2.45) is 11.3 Å². The van der Waals surface area contributed by atoms with Crippen molar-refractivity contribution in [2.45, 2.75) is 136 Å². The van der Waals surface area contributed by atoms with E-state index in [9.17, 15) is 53.1 Å². The Bertz CT molecular complexity index is 1490. The Balaban J connectivity index is 3.30. The molecule has 1 heterocycles. The van der Waals surface area contributed by atoms with Crippen LogP contribution in [0.5, 0.6) is 0 Å². The number of Topliss-reactive ketones (excluding diaryl/α,β-unsaturated/α-hetero) is 1. The quantitative estimate of drug-likeness (QED) is 0.0481. The van der Waals surface area contributed by atoms with Crippen LogP contribution in [0.3, 0.4) is 0 Å². The lowest BCUT2D eigenvalue weighted by molar-refractivity contribution is -0.144. The van der Waals surface area contributed by atoms with Gasteiger partial charge in [0.05, 0.1) is 6.04 Å². The predicted molar refractivity (Wildman–Crippen MR) is 201 cm³/mol. The fourth-order valence-electron chi connectivity index (χ4n) is 5.98. The summed E-state index contributed by atoms with van der Waals surface area (Å²) in [5.41, 5.74) is -1.01. The second-order valence-corrected chi connectivity index (χ2v) is 15.1. The summed E-state index contributed by atoms with van der Waals surface area (Å²) in [5, 5.41) is 33.4. The number of rotatable bonds is 23. The summed E-state index contributed by atoms with van der Waals surface area (Å²) >= 11 is 0. The number of ketones is 1. The maximum absolute atomic E-state index is 14.1. The van der Waals surface area contributed by atoms with Gasteiger partial charge in [0.15, 0.2) is 0 Å². The topological polar surface area (TPSA) is 287 Å². The van der Waals surface area contributed by atoms with E-state index in [-0.39, 0.29) is 32.4 Å². The average molecular weight is 794 g/mol. The molecule has 1 aliphatic rings. The molecule has 1 rings (SSSR count). The van der Waals surface area contributed by atoms with E-state index < -0.39 is 126 Å². The van der Waals surface area contributed by atoms with Gasteiger partial charge in [-0.1, -0.05) is 54.0 Å². The minimum Gasteiger partial charge on any atom is -0.481 e. The molecule has 0 saturated carbocycles. The number of hydrogen-bond acceptors (Lipinski definition) is 10. The van der Waals surface area contributed by atoms with Gasteiger partial charge in [-0.2, -0.15) is 0 Å². The Hall–Kier alpha value is -5.36. The number of hydrogen-bond donors (Lipinski definition) is 8. The van der Waals surface area contributed by atoms with Crippen molar-refractivity contribution in [2.75, 3.05) is 13.1 Å². The molecule has 19 nitrogen and oxygen atoms in total. The van der Waals surface area contributed by atoms with Crippen LogP contribution in [-0.2, 0) is 47.9 Å². The van der Waals surface area contributed by atoms with Crippen molar-refractivity contribution in [3.8, 4) is 0 Å². The van der Waals surface area contributed by atoms with Gasteiger partial charge in [0.1, 0.15) is 30.2 Å². The van der Waals surface area contributed by atoms with Crippen LogP contribution >= 0.6 is 0 Å². The van der Waals surface area contributed by atoms with Gasteiger partial charge >= 0.3 is 11.9 Å². The van der Waals surface area contributed by atoms with Gasteiger partial charge in [0.2, 0.25) is 41.2 Å². The Morgan fingerprint density at radius 1 is 0.786 bits per heavy atom. The van der Waals surface area contributed by atoms with Crippen molar-refractivity contribution >= 4 is 59.1 Å². The summed E-state index contributed by atoms with van der Waals surface area (Å²) in [6.45, 7) is 14.8. The highest BCUT2D eigenvalue weighted by Crippen LogP contribution is 2.23. The molecule has 19 heteroatoms. The SMILES string of the molecule is C=CCNC(=O)C(=O)C(CCC)NC(=O)[C@@H]1CCCN1C(=O)[C@@H](NC(=O)[C@@H](NC(=O)[C@H](CCC(=O)O)NC(=O)[C@H](CCC(=O)O)NC(C)=O)C(C)(C)C)C(C)C. The van der Waals surface area contributed by atoms with E-state index in [4.69, 9.17) is 5.11 Å². The summed E-state index contributed by atoms with van der Waals surface area (Å²) < 4.78 is 0. The first-order chi connectivity index (χ1) is 26.0. The molecule has 0 bridgehead atoms. The molecule has 314 valence electrons. The summed E-state index contributed by atoms with van der Waals surface area (Å²) in [6, 6.07) is -7.56. The van der Waals surface area contributed by atoms with Crippen LogP contribution in [-0.4, -0.2) is 124 Å². The fourth-order valence-corrected chi connectivity index (χ4v) is 5.98. The van der Waals surface area contributed by atoms with Crippen molar-refractivity contribution in [3.63, 3.8) is 0 Å². The highest BCUT2D eigenvalue weighted by atomic mass is 16.4. The zero-order chi connectivity index (χ0) is 42.9. The monoisotopic (exact) mass is 793 g/mol. The number of carboxylic acid groups (broad SMARTS) is 2. The van der Waals surface area contributed by atoms with Crippen molar-refractivity contribution < 1.29 is 58.2 Å². The molecule has 1 fully saturated rings. The first kappa shape index (κ1) is 48.7. The lowest BCUT2D eigenvalue weighted by Crippen LogP contribution is -2.62. The molecule has 7 amide bonds. The van der Waals surface area contributed by atoms with E-state index in [1.165, 1.54) is 11.0 Å². The van der Waals surface area contributed by atoms with Crippen molar-refractivity contribution in [1.29, 1.82) is 0 Å². The van der Waals surface area contributed by atoms with Crippen LogP contribution in [0.4, 0.5) is 0 Å². The first-order valence-corrected chi connectivity index (χ1v) is 18.7. The van der Waals surface area contributed by atoms with Gasteiger partial charge in [-0.15, -0.1) is 6.58 Å². The van der Waals surface area contributed by atoms with Crippen LogP contribution in [0.1, 0.15) is 99.8 Å². The zero-order valence-electron chi connectivity index (χ0n) is 33.3. The largest absolute Gasteiger partial charge is 0.481 e. The molecule has 0 aromatic rings. The third kappa shape index (κ3) is 15.8.